The summed E-state index contributed by atoms with van der Waals surface area (Å²) in [6.07, 6.45) is -0.443. The van der Waals surface area contributed by atoms with E-state index in [2.05, 4.69) is 15.0 Å². The molecule has 0 radical (unpaired) electrons. The molecular weight excluding hydrogens is 397 g/mol. The van der Waals surface area contributed by atoms with Crippen LogP contribution in [0, 0.1) is 5.82 Å². The molecule has 1 saturated heterocycles. The van der Waals surface area contributed by atoms with Crippen LogP contribution in [0.15, 0.2) is 24.5 Å². The molecule has 1 fully saturated rings. The molecule has 0 aliphatic carbocycles. The van der Waals surface area contributed by atoms with Crippen LogP contribution >= 0.6 is 22.9 Å². The van der Waals surface area contributed by atoms with Crippen molar-refractivity contribution < 1.29 is 19.5 Å². The Labute approximate surface area is 188 Å². The number of hydrogen-bond acceptors (Lipinski definition) is 6. The number of nitrogens with one attached hydrogen (secondary N) is 1. The van der Waals surface area contributed by atoms with Crippen LogP contribution in [0.2, 0.25) is 6.43 Å². The molecule has 3 heterocycles. The van der Waals surface area contributed by atoms with E-state index in [0.29, 0.717) is 16.9 Å². The minimum atomic E-state index is -3.28. The van der Waals surface area contributed by atoms with Crippen molar-refractivity contribution in [2.45, 2.75) is 45.0 Å². The predicted molar refractivity (Wildman–Crippen MR) is 113 cm³/mol. The first-order valence-corrected chi connectivity index (χ1v) is 9.64. The first-order chi connectivity index (χ1) is 17.9. The maximum Gasteiger partial charge on any atom is 0.175 e. The molecule has 0 amide bonds. The number of rotatable bonds is 5. The highest BCUT2D eigenvalue weighted by Gasteiger charge is 2.21. The summed E-state index contributed by atoms with van der Waals surface area (Å²) in [5, 5.41) is 0.0691. The zero-order chi connectivity index (χ0) is 29.1. The van der Waals surface area contributed by atoms with Crippen LogP contribution in [0.5, 0.6) is 0 Å². The average Bonchev–Trinajstić information content (AvgIpc) is 3.27. The van der Waals surface area contributed by atoms with Crippen molar-refractivity contribution in [1.29, 1.82) is 0 Å². The number of anilines is 1. The molecule has 2 aromatic heterocycles. The molecule has 8 heteroatoms. The van der Waals surface area contributed by atoms with Gasteiger partial charge in [0.1, 0.15) is 24.0 Å². The number of nitrogens with zero attached hydrogens (tertiary/aromatic N) is 4. The van der Waals surface area contributed by atoms with Crippen LogP contribution in [0.1, 0.15) is 56.7 Å². The molecule has 1 aromatic carbocycles. The third kappa shape index (κ3) is 4.26. The monoisotopic (exact) mass is 430 g/mol. The molecule has 4 rings (SSSR count). The third-order valence-electron chi connectivity index (χ3n) is 4.25. The van der Waals surface area contributed by atoms with Crippen LogP contribution in [0.4, 0.5) is 10.2 Å². The Morgan fingerprint density at radius 3 is 3.11 bits per heavy atom. The van der Waals surface area contributed by atoms with E-state index in [1.807, 2.05) is 0 Å². The lowest BCUT2D eigenvalue weighted by Crippen LogP contribution is -2.38. The Balaban J connectivity index is 1.64. The summed E-state index contributed by atoms with van der Waals surface area (Å²) >= 11 is 6.38. The predicted octanol–water partition coefficient (Wildman–Crippen LogP) is 5.08. The lowest BCUT2D eigenvalue weighted by atomic mass is 10.0. The molecule has 1 unspecified atom stereocenters. The molecule has 1 aliphatic rings. The zero-order valence-corrected chi connectivity index (χ0v) is 16.1. The fraction of sp³-hybridized carbons (Fsp3) is 0.450. The van der Waals surface area contributed by atoms with Crippen LogP contribution in [-0.4, -0.2) is 39.0 Å². The van der Waals surface area contributed by atoms with Gasteiger partial charge < -0.3 is 5.31 Å². The summed E-state index contributed by atoms with van der Waals surface area (Å²) in [5.41, 5.74) is 0.227. The highest BCUT2D eigenvalue weighted by Crippen LogP contribution is 2.31. The van der Waals surface area contributed by atoms with Gasteiger partial charge in [0.05, 0.1) is 11.4 Å². The Bertz CT molecular complexity index is 1360. The molecule has 0 saturated carbocycles. The SMILES string of the molecule is [2H]c1nc(N([2H])C2([2H])CCN(C([2H])c3ccc(F)c(Cl)c3)CC2)c2sc(C([2H])(C([2H])([2H])[2H])C([2H])([2H])[2H])nc2n1. The van der Waals surface area contributed by atoms with Gasteiger partial charge in [0, 0.05) is 42.5 Å². The minimum absolute atomic E-state index is 0.0190. The van der Waals surface area contributed by atoms with Gasteiger partial charge in [-0.2, -0.15) is 0 Å². The minimum Gasteiger partial charge on any atom is -0.366 e. The van der Waals surface area contributed by atoms with Crippen LogP contribution < -0.4 is 5.31 Å². The summed E-state index contributed by atoms with van der Waals surface area (Å²) < 4.78 is 102. The summed E-state index contributed by atoms with van der Waals surface area (Å²) in [6.45, 7) is -7.02. The molecule has 1 aliphatic heterocycles. The Morgan fingerprint density at radius 1 is 1.54 bits per heavy atom. The Kier molecular flexibility index (Phi) is 3.03. The molecule has 28 heavy (non-hydrogen) atoms. The fourth-order valence-electron chi connectivity index (χ4n) is 2.86. The largest absolute Gasteiger partial charge is 0.366 e. The third-order valence-corrected chi connectivity index (χ3v) is 5.60. The highest BCUT2D eigenvalue weighted by atomic mass is 35.5. The zero-order valence-electron chi connectivity index (χ0n) is 25.5. The molecule has 1 atom stereocenters. The van der Waals surface area contributed by atoms with Crippen molar-refractivity contribution in [2.24, 2.45) is 0 Å². The van der Waals surface area contributed by atoms with Crippen molar-refractivity contribution in [3.8, 4) is 0 Å². The van der Waals surface area contributed by atoms with Gasteiger partial charge >= 0.3 is 0 Å². The number of thiazole rings is 1. The molecule has 148 valence electrons. The van der Waals surface area contributed by atoms with Gasteiger partial charge in [-0.15, -0.1) is 11.3 Å². The smallest absolute Gasteiger partial charge is 0.175 e. The van der Waals surface area contributed by atoms with E-state index in [1.165, 1.54) is 18.2 Å². The van der Waals surface area contributed by atoms with Crippen molar-refractivity contribution in [2.75, 3.05) is 18.4 Å². The second-order valence-corrected chi connectivity index (χ2v) is 7.62. The lowest BCUT2D eigenvalue weighted by Gasteiger charge is -2.32. The van der Waals surface area contributed by atoms with Gasteiger partial charge in [-0.1, -0.05) is 31.4 Å². The van der Waals surface area contributed by atoms with Gasteiger partial charge in [-0.25, -0.2) is 19.3 Å². The molecule has 3 aromatic rings. The van der Waals surface area contributed by atoms with E-state index in [9.17, 15) is 4.39 Å². The van der Waals surface area contributed by atoms with Crippen molar-refractivity contribution in [3.05, 3.63) is 45.9 Å². The topological polar surface area (TPSA) is 53.9 Å². The van der Waals surface area contributed by atoms with Crippen LogP contribution in [0.25, 0.3) is 10.3 Å². The second kappa shape index (κ2) is 8.27. The highest BCUT2D eigenvalue weighted by molar-refractivity contribution is 7.19. The van der Waals surface area contributed by atoms with Crippen LogP contribution in [0.3, 0.4) is 0 Å². The molecular formula is C20H23ClFN5S. The number of piperidine rings is 1. The second-order valence-electron chi connectivity index (χ2n) is 6.21. The normalized spacial score (nSPS) is 25.4. The van der Waals surface area contributed by atoms with E-state index < -0.39 is 49.3 Å². The van der Waals surface area contributed by atoms with Crippen molar-refractivity contribution >= 4 is 39.1 Å². The number of benzene rings is 1. The van der Waals surface area contributed by atoms with E-state index in [1.54, 1.807) is 4.90 Å². The Morgan fingerprint density at radius 2 is 2.36 bits per heavy atom. The van der Waals surface area contributed by atoms with E-state index in [-0.39, 0.29) is 47.1 Å². The van der Waals surface area contributed by atoms with Gasteiger partial charge in [0.25, 0.3) is 0 Å². The number of halogens is 2. The Hall–Kier alpha value is -1.83. The number of fused-ring (bicyclic) bond motifs is 1. The van der Waals surface area contributed by atoms with Gasteiger partial charge in [0.2, 0.25) is 0 Å². The molecule has 0 bridgehead atoms. The lowest BCUT2D eigenvalue weighted by molar-refractivity contribution is 0.211. The van der Waals surface area contributed by atoms with Crippen molar-refractivity contribution in [3.63, 3.8) is 0 Å². The summed E-state index contributed by atoms with van der Waals surface area (Å²) in [6, 6.07) is 2.42. The average molecular weight is 431 g/mol. The molecule has 1 N–H and O–H groups in total. The van der Waals surface area contributed by atoms with E-state index in [0.717, 1.165) is 5.31 Å². The van der Waals surface area contributed by atoms with Gasteiger partial charge in [-0.3, -0.25) is 4.90 Å². The fourth-order valence-corrected chi connectivity index (χ4v) is 3.84. The summed E-state index contributed by atoms with van der Waals surface area (Å²) in [7, 11) is 0. The molecule has 5 nitrogen and oxygen atoms in total. The van der Waals surface area contributed by atoms with Crippen molar-refractivity contribution in [1.82, 2.24) is 19.9 Å². The quantitative estimate of drug-likeness (QED) is 0.611. The van der Waals surface area contributed by atoms with E-state index in [4.69, 9.17) is 26.7 Å². The number of aromatic nitrogens is 3. The van der Waals surface area contributed by atoms with E-state index >= 15 is 0 Å². The number of hydrogen-bond donors (Lipinski definition) is 1. The first-order valence-electron chi connectivity index (χ1n) is 14.0. The first kappa shape index (κ1) is 10.3. The standard InChI is InChI=1S/C20H23ClFN5S/c1-12(2)20-26-19-17(28-20)18(23-11-24-19)25-14-5-7-27(8-6-14)10-13-3-4-16(22)15(21)9-13/h3-4,9,11-12,14H,5-8,10H2,1-2H3,(H,23,24,25)/i1D3,2D3,10D,11D,12D,14D/hD. The van der Waals surface area contributed by atoms with Gasteiger partial charge in [0.15, 0.2) is 7.06 Å². The molecule has 0 spiro atoms. The van der Waals surface area contributed by atoms with Crippen LogP contribution in [-0.2, 0) is 6.52 Å². The maximum absolute atomic E-state index is 13.5. The number of likely N-dealkylation sites (tertiary alicyclic amines) is 1. The maximum atomic E-state index is 13.5. The summed E-state index contributed by atoms with van der Waals surface area (Å²) in [4.78, 5) is 13.5. The summed E-state index contributed by atoms with van der Waals surface area (Å²) in [5.74, 6) is -3.92. The van der Waals surface area contributed by atoms with Gasteiger partial charge in [-0.05, 0) is 30.5 Å².